The van der Waals surface area contributed by atoms with Gasteiger partial charge in [0.25, 0.3) is 5.91 Å². The van der Waals surface area contributed by atoms with Gasteiger partial charge in [-0.1, -0.05) is 0 Å². The van der Waals surface area contributed by atoms with E-state index in [9.17, 15) is 18.4 Å². The van der Waals surface area contributed by atoms with Crippen molar-refractivity contribution in [2.75, 3.05) is 11.1 Å². The molecular formula is C14H10F2N2O3. The van der Waals surface area contributed by atoms with Gasteiger partial charge in [-0.25, -0.2) is 13.6 Å². The number of carbonyl (C=O) groups excluding carboxylic acids is 1. The Bertz CT molecular complexity index is 732. The third-order valence-electron chi connectivity index (χ3n) is 2.70. The van der Waals surface area contributed by atoms with E-state index in [1.165, 1.54) is 6.07 Å². The second-order valence-corrected chi connectivity index (χ2v) is 4.19. The maximum Gasteiger partial charge on any atom is 0.337 e. The molecule has 1 amide bonds. The van der Waals surface area contributed by atoms with Gasteiger partial charge in [-0.3, -0.25) is 4.79 Å². The van der Waals surface area contributed by atoms with Crippen LogP contribution in [0.1, 0.15) is 20.7 Å². The van der Waals surface area contributed by atoms with E-state index in [0.717, 1.165) is 30.3 Å². The summed E-state index contributed by atoms with van der Waals surface area (Å²) < 4.78 is 26.8. The molecule has 2 aromatic carbocycles. The monoisotopic (exact) mass is 292 g/mol. The summed E-state index contributed by atoms with van der Waals surface area (Å²) in [6, 6.07) is 6.23. The van der Waals surface area contributed by atoms with Crippen LogP contribution in [-0.4, -0.2) is 17.0 Å². The van der Waals surface area contributed by atoms with Gasteiger partial charge < -0.3 is 16.2 Å². The molecule has 0 saturated heterocycles. The number of anilines is 2. The maximum atomic E-state index is 13.6. The molecule has 0 unspecified atom stereocenters. The predicted octanol–water partition coefficient (Wildman–Crippen LogP) is 2.50. The van der Waals surface area contributed by atoms with Crippen molar-refractivity contribution >= 4 is 23.3 Å². The number of nitrogen functional groups attached to an aromatic ring is 1. The quantitative estimate of drug-likeness (QED) is 0.758. The van der Waals surface area contributed by atoms with E-state index in [2.05, 4.69) is 5.32 Å². The smallest absolute Gasteiger partial charge is 0.337 e. The van der Waals surface area contributed by atoms with Crippen LogP contribution < -0.4 is 11.1 Å². The van der Waals surface area contributed by atoms with Crippen LogP contribution in [0.25, 0.3) is 0 Å². The van der Waals surface area contributed by atoms with Crippen molar-refractivity contribution in [1.29, 1.82) is 0 Å². The van der Waals surface area contributed by atoms with Gasteiger partial charge in [0.15, 0.2) is 0 Å². The molecule has 0 spiro atoms. The van der Waals surface area contributed by atoms with Crippen LogP contribution in [0.3, 0.4) is 0 Å². The number of benzene rings is 2. The molecule has 0 aliphatic heterocycles. The number of rotatable bonds is 3. The van der Waals surface area contributed by atoms with E-state index in [0.29, 0.717) is 0 Å². The lowest BCUT2D eigenvalue weighted by atomic mass is 10.1. The van der Waals surface area contributed by atoms with Gasteiger partial charge in [-0.2, -0.15) is 0 Å². The van der Waals surface area contributed by atoms with Gasteiger partial charge in [0.05, 0.1) is 16.8 Å². The van der Waals surface area contributed by atoms with Gasteiger partial charge in [-0.15, -0.1) is 0 Å². The Morgan fingerprint density at radius 3 is 2.33 bits per heavy atom. The van der Waals surface area contributed by atoms with Crippen molar-refractivity contribution in [1.82, 2.24) is 0 Å². The fraction of sp³-hybridized carbons (Fsp3) is 0. The number of hydrogen-bond acceptors (Lipinski definition) is 3. The Kier molecular flexibility index (Phi) is 3.84. The summed E-state index contributed by atoms with van der Waals surface area (Å²) in [6.07, 6.45) is 0. The number of carboxylic acid groups (broad SMARTS) is 1. The SMILES string of the molecule is Nc1ccc(C(=O)Nc2cc(F)ccc2C(=O)O)c(F)c1. The largest absolute Gasteiger partial charge is 0.478 e. The number of carboxylic acids is 1. The first-order chi connectivity index (χ1) is 9.88. The average Bonchev–Trinajstić information content (AvgIpc) is 2.37. The second kappa shape index (κ2) is 5.58. The van der Waals surface area contributed by atoms with Crippen molar-refractivity contribution in [2.24, 2.45) is 0 Å². The zero-order valence-electron chi connectivity index (χ0n) is 10.6. The Hall–Kier alpha value is -2.96. The zero-order chi connectivity index (χ0) is 15.6. The van der Waals surface area contributed by atoms with Crippen molar-refractivity contribution in [3.8, 4) is 0 Å². The highest BCUT2D eigenvalue weighted by molar-refractivity contribution is 6.08. The summed E-state index contributed by atoms with van der Waals surface area (Å²) in [5, 5.41) is 11.1. The number of carbonyl (C=O) groups is 2. The highest BCUT2D eigenvalue weighted by Gasteiger charge is 2.17. The topological polar surface area (TPSA) is 92.4 Å². The third-order valence-corrected chi connectivity index (χ3v) is 2.70. The number of nitrogens with two attached hydrogens (primary N) is 1. The maximum absolute atomic E-state index is 13.6. The van der Waals surface area contributed by atoms with E-state index in [1.54, 1.807) is 0 Å². The van der Waals surface area contributed by atoms with Crippen LogP contribution in [0, 0.1) is 11.6 Å². The zero-order valence-corrected chi connectivity index (χ0v) is 10.6. The predicted molar refractivity (Wildman–Crippen MR) is 72.1 cm³/mol. The Morgan fingerprint density at radius 2 is 1.71 bits per heavy atom. The number of amides is 1. The van der Waals surface area contributed by atoms with Gasteiger partial charge >= 0.3 is 5.97 Å². The van der Waals surface area contributed by atoms with Crippen molar-refractivity contribution in [3.05, 3.63) is 59.2 Å². The standard InChI is InChI=1S/C14H10F2N2O3/c15-7-1-3-10(14(20)21)12(5-7)18-13(19)9-4-2-8(17)6-11(9)16/h1-6H,17H2,(H,18,19)(H,20,21). The molecule has 0 saturated carbocycles. The fourth-order valence-corrected chi connectivity index (χ4v) is 1.71. The van der Waals surface area contributed by atoms with Crippen molar-refractivity contribution in [3.63, 3.8) is 0 Å². The first-order valence-corrected chi connectivity index (χ1v) is 5.77. The molecule has 0 atom stereocenters. The van der Waals surface area contributed by atoms with Gasteiger partial charge in [0.1, 0.15) is 11.6 Å². The van der Waals surface area contributed by atoms with E-state index in [-0.39, 0.29) is 22.5 Å². The van der Waals surface area contributed by atoms with Crippen LogP contribution in [0.5, 0.6) is 0 Å². The van der Waals surface area contributed by atoms with E-state index in [4.69, 9.17) is 10.8 Å². The van der Waals surface area contributed by atoms with Crippen LogP contribution in [-0.2, 0) is 0 Å². The molecule has 0 aromatic heterocycles. The molecule has 0 aliphatic carbocycles. The first-order valence-electron chi connectivity index (χ1n) is 5.77. The molecule has 7 heteroatoms. The molecule has 21 heavy (non-hydrogen) atoms. The van der Waals surface area contributed by atoms with Crippen LogP contribution in [0.15, 0.2) is 36.4 Å². The normalized spacial score (nSPS) is 10.2. The lowest BCUT2D eigenvalue weighted by Crippen LogP contribution is -2.16. The Labute approximate surface area is 118 Å². The minimum Gasteiger partial charge on any atom is -0.478 e. The molecular weight excluding hydrogens is 282 g/mol. The number of aromatic carboxylic acids is 1. The van der Waals surface area contributed by atoms with E-state index in [1.807, 2.05) is 0 Å². The molecule has 0 fully saturated rings. The number of nitrogens with one attached hydrogen (secondary N) is 1. The van der Waals surface area contributed by atoms with Crippen LogP contribution in [0.4, 0.5) is 20.2 Å². The molecule has 0 aliphatic rings. The molecule has 2 rings (SSSR count). The summed E-state index contributed by atoms with van der Waals surface area (Å²) in [4.78, 5) is 22.9. The number of hydrogen-bond donors (Lipinski definition) is 3. The van der Waals surface area contributed by atoms with Gasteiger partial charge in [-0.05, 0) is 36.4 Å². The third kappa shape index (κ3) is 3.14. The lowest BCUT2D eigenvalue weighted by molar-refractivity contribution is 0.0698. The highest BCUT2D eigenvalue weighted by Crippen LogP contribution is 2.20. The van der Waals surface area contributed by atoms with Crippen molar-refractivity contribution in [2.45, 2.75) is 0 Å². The lowest BCUT2D eigenvalue weighted by Gasteiger charge is -2.09. The summed E-state index contributed by atoms with van der Waals surface area (Å²) >= 11 is 0. The molecule has 0 radical (unpaired) electrons. The Morgan fingerprint density at radius 1 is 1.05 bits per heavy atom. The molecule has 5 nitrogen and oxygen atoms in total. The minimum atomic E-state index is -1.34. The van der Waals surface area contributed by atoms with E-state index >= 15 is 0 Å². The Balaban J connectivity index is 2.35. The summed E-state index contributed by atoms with van der Waals surface area (Å²) in [5.74, 6) is -3.84. The molecule has 2 aromatic rings. The summed E-state index contributed by atoms with van der Waals surface area (Å²) in [6.45, 7) is 0. The molecule has 0 heterocycles. The molecule has 0 bridgehead atoms. The van der Waals surface area contributed by atoms with Gasteiger partial charge in [0.2, 0.25) is 0 Å². The average molecular weight is 292 g/mol. The van der Waals surface area contributed by atoms with Crippen LogP contribution >= 0.6 is 0 Å². The summed E-state index contributed by atoms with van der Waals surface area (Å²) in [5.41, 5.74) is 4.61. The molecule has 108 valence electrons. The number of halogens is 2. The van der Waals surface area contributed by atoms with Crippen LogP contribution in [0.2, 0.25) is 0 Å². The first kappa shape index (κ1) is 14.4. The van der Waals surface area contributed by atoms with Gasteiger partial charge in [0, 0.05) is 5.69 Å². The van der Waals surface area contributed by atoms with Crippen molar-refractivity contribution < 1.29 is 23.5 Å². The highest BCUT2D eigenvalue weighted by atomic mass is 19.1. The van der Waals surface area contributed by atoms with E-state index < -0.39 is 23.5 Å². The molecule has 4 N–H and O–H groups in total. The second-order valence-electron chi connectivity index (χ2n) is 4.19. The minimum absolute atomic E-state index is 0.140. The fourth-order valence-electron chi connectivity index (χ4n) is 1.71. The summed E-state index contributed by atoms with van der Waals surface area (Å²) in [7, 11) is 0.